The highest BCUT2D eigenvalue weighted by atomic mass is 16.5. The number of aromatic nitrogens is 1. The maximum Gasteiger partial charge on any atom is 0.337 e. The Hall–Kier alpha value is -2.63. The molecule has 6 nitrogen and oxygen atoms in total. The number of carbonyl (C=O) groups excluding carboxylic acids is 1. The van der Waals surface area contributed by atoms with E-state index in [0.717, 1.165) is 0 Å². The number of pyridine rings is 1. The van der Waals surface area contributed by atoms with Crippen LogP contribution in [0.15, 0.2) is 53.6 Å². The third kappa shape index (κ3) is 4.27. The molecular formula is C13H15N3O3. The molecule has 0 aliphatic carbocycles. The topological polar surface area (TPSA) is 86.8 Å². The maximum absolute atomic E-state index is 11.2. The summed E-state index contributed by atoms with van der Waals surface area (Å²) in [4.78, 5) is 19.1. The van der Waals surface area contributed by atoms with Crippen molar-refractivity contribution < 1.29 is 14.3 Å². The second kappa shape index (κ2) is 6.95. The van der Waals surface area contributed by atoms with Crippen molar-refractivity contribution in [2.45, 2.75) is 0 Å². The fourth-order valence-electron chi connectivity index (χ4n) is 1.18. The number of hydrogen-bond acceptors (Lipinski definition) is 5. The van der Waals surface area contributed by atoms with Gasteiger partial charge in [-0.25, -0.2) is 4.79 Å². The van der Waals surface area contributed by atoms with Crippen LogP contribution in [0.1, 0.15) is 5.56 Å². The molecule has 0 aromatic carbocycles. The normalized spacial score (nSPS) is 11.9. The van der Waals surface area contributed by atoms with Crippen LogP contribution in [-0.4, -0.2) is 31.0 Å². The number of rotatable bonds is 5. The average molecular weight is 261 g/mol. The van der Waals surface area contributed by atoms with Gasteiger partial charge in [0.25, 0.3) is 0 Å². The third-order valence-corrected chi connectivity index (χ3v) is 2.16. The Morgan fingerprint density at radius 1 is 1.37 bits per heavy atom. The fraction of sp³-hybridized carbons (Fsp3) is 0.154. The first-order chi connectivity index (χ1) is 9.08. The molecule has 2 N–H and O–H groups in total. The molecule has 0 fully saturated rings. The van der Waals surface area contributed by atoms with Crippen molar-refractivity contribution in [1.82, 2.24) is 4.98 Å². The quantitative estimate of drug-likeness (QED) is 0.213. The largest absolute Gasteiger partial charge is 0.481 e. The fourth-order valence-corrected chi connectivity index (χ4v) is 1.18. The molecule has 0 radical (unpaired) electrons. The van der Waals surface area contributed by atoms with E-state index in [1.807, 2.05) is 0 Å². The minimum absolute atomic E-state index is 0.116. The van der Waals surface area contributed by atoms with Crippen LogP contribution in [0, 0.1) is 0 Å². The SMILES string of the molecule is C=C(/C=C(\N=C(N)c1ccncc1)OC)C(=O)OC. The summed E-state index contributed by atoms with van der Waals surface area (Å²) in [6, 6.07) is 3.42. The molecule has 1 heterocycles. The van der Waals surface area contributed by atoms with Crippen molar-refractivity contribution in [3.63, 3.8) is 0 Å². The second-order valence-electron chi connectivity index (χ2n) is 3.44. The van der Waals surface area contributed by atoms with E-state index in [1.54, 1.807) is 24.5 Å². The lowest BCUT2D eigenvalue weighted by Gasteiger charge is -2.04. The number of carbonyl (C=O) groups is 1. The zero-order valence-electron chi connectivity index (χ0n) is 10.8. The van der Waals surface area contributed by atoms with Crippen LogP contribution in [-0.2, 0) is 14.3 Å². The molecular weight excluding hydrogens is 246 g/mol. The van der Waals surface area contributed by atoms with Crippen LogP contribution in [0.5, 0.6) is 0 Å². The van der Waals surface area contributed by atoms with E-state index < -0.39 is 5.97 Å². The van der Waals surface area contributed by atoms with Gasteiger partial charge in [-0.3, -0.25) is 4.98 Å². The lowest BCUT2D eigenvalue weighted by atomic mass is 10.2. The molecule has 0 aliphatic rings. The van der Waals surface area contributed by atoms with Gasteiger partial charge in [0, 0.05) is 24.0 Å². The Kier molecular flexibility index (Phi) is 5.28. The molecule has 1 aromatic rings. The molecule has 0 bridgehead atoms. The average Bonchev–Trinajstić information content (AvgIpc) is 2.46. The van der Waals surface area contributed by atoms with E-state index in [0.29, 0.717) is 5.56 Å². The first-order valence-electron chi connectivity index (χ1n) is 5.36. The van der Waals surface area contributed by atoms with Gasteiger partial charge in [-0.1, -0.05) is 6.58 Å². The van der Waals surface area contributed by atoms with Gasteiger partial charge >= 0.3 is 5.97 Å². The Labute approximate surface area is 111 Å². The summed E-state index contributed by atoms with van der Waals surface area (Å²) >= 11 is 0. The van der Waals surface area contributed by atoms with Gasteiger partial charge in [0.1, 0.15) is 5.84 Å². The number of esters is 1. The van der Waals surface area contributed by atoms with E-state index in [-0.39, 0.29) is 17.3 Å². The van der Waals surface area contributed by atoms with Gasteiger partial charge in [0.05, 0.1) is 19.8 Å². The first-order valence-corrected chi connectivity index (χ1v) is 5.36. The van der Waals surface area contributed by atoms with Gasteiger partial charge in [-0.05, 0) is 12.1 Å². The van der Waals surface area contributed by atoms with Crippen LogP contribution < -0.4 is 5.73 Å². The number of nitrogens with zero attached hydrogens (tertiary/aromatic N) is 2. The molecule has 0 atom stereocenters. The van der Waals surface area contributed by atoms with Crippen LogP contribution in [0.4, 0.5) is 0 Å². The maximum atomic E-state index is 11.2. The van der Waals surface area contributed by atoms with E-state index in [2.05, 4.69) is 21.3 Å². The van der Waals surface area contributed by atoms with Crippen molar-refractivity contribution in [1.29, 1.82) is 0 Å². The van der Waals surface area contributed by atoms with Crippen molar-refractivity contribution in [3.05, 3.63) is 54.2 Å². The van der Waals surface area contributed by atoms with Gasteiger partial charge in [0.2, 0.25) is 5.88 Å². The lowest BCUT2D eigenvalue weighted by molar-refractivity contribution is -0.135. The van der Waals surface area contributed by atoms with E-state index in [4.69, 9.17) is 10.5 Å². The summed E-state index contributed by atoms with van der Waals surface area (Å²) in [7, 11) is 2.68. The summed E-state index contributed by atoms with van der Waals surface area (Å²) in [5.41, 5.74) is 6.62. The highest BCUT2D eigenvalue weighted by Gasteiger charge is 2.06. The zero-order chi connectivity index (χ0) is 14.3. The minimum Gasteiger partial charge on any atom is -0.481 e. The summed E-state index contributed by atoms with van der Waals surface area (Å²) in [5, 5.41) is 0. The Balaban J connectivity index is 2.96. The number of aliphatic imine (C=N–C) groups is 1. The molecule has 19 heavy (non-hydrogen) atoms. The van der Waals surface area contributed by atoms with E-state index in [1.165, 1.54) is 20.3 Å². The second-order valence-corrected chi connectivity index (χ2v) is 3.44. The summed E-state index contributed by atoms with van der Waals surface area (Å²) < 4.78 is 9.54. The highest BCUT2D eigenvalue weighted by molar-refractivity contribution is 5.98. The lowest BCUT2D eigenvalue weighted by Crippen LogP contribution is -2.14. The Morgan fingerprint density at radius 2 is 2.00 bits per heavy atom. The third-order valence-electron chi connectivity index (χ3n) is 2.16. The highest BCUT2D eigenvalue weighted by Crippen LogP contribution is 2.07. The number of amidine groups is 1. The van der Waals surface area contributed by atoms with Gasteiger partial charge < -0.3 is 15.2 Å². The van der Waals surface area contributed by atoms with Gasteiger partial charge in [-0.2, -0.15) is 4.99 Å². The first kappa shape index (κ1) is 14.4. The van der Waals surface area contributed by atoms with E-state index >= 15 is 0 Å². The minimum atomic E-state index is -0.563. The standard InChI is InChI=1S/C13H15N3O3/c1-9(13(17)19-3)8-11(18-2)16-12(14)10-4-6-15-7-5-10/h4-8H,1H2,2-3H3,(H2,14,16)/b11-8+. The predicted octanol–water partition coefficient (Wildman–Crippen LogP) is 1.00. The summed E-state index contributed by atoms with van der Waals surface area (Å²) in [6.07, 6.45) is 4.54. The molecule has 6 heteroatoms. The summed E-state index contributed by atoms with van der Waals surface area (Å²) in [5.74, 6) is -0.162. The molecule has 0 saturated carbocycles. The molecule has 1 rings (SSSR count). The van der Waals surface area contributed by atoms with Crippen LogP contribution >= 0.6 is 0 Å². The zero-order valence-corrected chi connectivity index (χ0v) is 10.8. The predicted molar refractivity (Wildman–Crippen MR) is 71.2 cm³/mol. The smallest absolute Gasteiger partial charge is 0.337 e. The van der Waals surface area contributed by atoms with Crippen molar-refractivity contribution in [3.8, 4) is 0 Å². The molecule has 100 valence electrons. The van der Waals surface area contributed by atoms with Gasteiger partial charge in [-0.15, -0.1) is 0 Å². The molecule has 0 spiro atoms. The molecule has 1 aromatic heterocycles. The summed E-state index contributed by atoms with van der Waals surface area (Å²) in [6.45, 7) is 3.54. The Bertz CT molecular complexity index is 521. The van der Waals surface area contributed by atoms with Gasteiger partial charge in [0.15, 0.2) is 0 Å². The van der Waals surface area contributed by atoms with E-state index in [9.17, 15) is 4.79 Å². The number of hydrogen-bond donors (Lipinski definition) is 1. The van der Waals surface area contributed by atoms with Crippen molar-refractivity contribution in [2.24, 2.45) is 10.7 Å². The van der Waals surface area contributed by atoms with Crippen LogP contribution in [0.25, 0.3) is 0 Å². The monoisotopic (exact) mass is 261 g/mol. The van der Waals surface area contributed by atoms with Crippen LogP contribution in [0.2, 0.25) is 0 Å². The van der Waals surface area contributed by atoms with Crippen molar-refractivity contribution in [2.75, 3.05) is 14.2 Å². The molecule has 0 aliphatic heterocycles. The van der Waals surface area contributed by atoms with Crippen LogP contribution in [0.3, 0.4) is 0 Å². The molecule has 0 unspecified atom stereocenters. The number of ether oxygens (including phenoxy) is 2. The molecule has 0 amide bonds. The van der Waals surface area contributed by atoms with Crippen molar-refractivity contribution >= 4 is 11.8 Å². The number of methoxy groups -OCH3 is 2. The Morgan fingerprint density at radius 3 is 2.53 bits per heavy atom. The number of nitrogens with two attached hydrogens (primary N) is 1. The molecule has 0 saturated heterocycles.